The smallest absolute Gasteiger partial charge is 0.325 e. The summed E-state index contributed by atoms with van der Waals surface area (Å²) in [5.41, 5.74) is 5.28. The molecule has 0 aliphatic rings. The van der Waals surface area contributed by atoms with Gasteiger partial charge in [-0.2, -0.15) is 0 Å². The molecule has 0 radical (unpaired) electrons. The molecule has 1 rings (SSSR count). The van der Waals surface area contributed by atoms with Crippen LogP contribution in [0.1, 0.15) is 11.6 Å². The standard InChI is InChI=1S/C8H7FINO2/c9-6-2-1-4(10)3-5(6)7(11)8(12)13/h1-3,7H,11H2,(H,12,13). The summed E-state index contributed by atoms with van der Waals surface area (Å²) in [6.07, 6.45) is 0. The minimum Gasteiger partial charge on any atom is -0.480 e. The number of halogens is 2. The van der Waals surface area contributed by atoms with Gasteiger partial charge in [-0.15, -0.1) is 0 Å². The highest BCUT2D eigenvalue weighted by atomic mass is 127. The number of hydrogen-bond donors (Lipinski definition) is 2. The van der Waals surface area contributed by atoms with Gasteiger partial charge in [0.2, 0.25) is 0 Å². The van der Waals surface area contributed by atoms with E-state index in [2.05, 4.69) is 0 Å². The quantitative estimate of drug-likeness (QED) is 0.813. The Bertz CT molecular complexity index is 343. The third-order valence-electron chi connectivity index (χ3n) is 1.56. The lowest BCUT2D eigenvalue weighted by atomic mass is 10.1. The fourth-order valence-corrected chi connectivity index (χ4v) is 1.40. The van der Waals surface area contributed by atoms with Crippen LogP contribution in [-0.2, 0) is 4.79 Å². The van der Waals surface area contributed by atoms with Gasteiger partial charge in [0, 0.05) is 9.13 Å². The Kier molecular flexibility index (Phi) is 3.21. The number of nitrogens with two attached hydrogens (primary N) is 1. The van der Waals surface area contributed by atoms with E-state index < -0.39 is 17.8 Å². The van der Waals surface area contributed by atoms with Crippen molar-refractivity contribution in [3.8, 4) is 0 Å². The third kappa shape index (κ3) is 2.38. The summed E-state index contributed by atoms with van der Waals surface area (Å²) in [6.45, 7) is 0. The second-order valence-corrected chi connectivity index (χ2v) is 3.73. The predicted octanol–water partition coefficient (Wildman–Crippen LogP) is 1.51. The van der Waals surface area contributed by atoms with Gasteiger partial charge in [0.15, 0.2) is 0 Å². The molecule has 0 amide bonds. The van der Waals surface area contributed by atoms with Gasteiger partial charge in [-0.25, -0.2) is 4.39 Å². The van der Waals surface area contributed by atoms with Crippen molar-refractivity contribution in [2.24, 2.45) is 5.73 Å². The molecule has 13 heavy (non-hydrogen) atoms. The van der Waals surface area contributed by atoms with E-state index in [0.29, 0.717) is 0 Å². The summed E-state index contributed by atoms with van der Waals surface area (Å²) in [5.74, 6) is -1.82. The van der Waals surface area contributed by atoms with Crippen LogP contribution in [0, 0.1) is 9.39 Å². The van der Waals surface area contributed by atoms with Gasteiger partial charge in [0.1, 0.15) is 11.9 Å². The molecule has 1 atom stereocenters. The fraction of sp³-hybridized carbons (Fsp3) is 0.125. The second kappa shape index (κ2) is 4.01. The van der Waals surface area contributed by atoms with E-state index >= 15 is 0 Å². The predicted molar refractivity (Wildman–Crippen MR) is 53.7 cm³/mol. The molecule has 3 N–H and O–H groups in total. The lowest BCUT2D eigenvalue weighted by Gasteiger charge is -2.07. The summed E-state index contributed by atoms with van der Waals surface area (Å²) < 4.78 is 13.8. The normalized spacial score (nSPS) is 12.5. The van der Waals surface area contributed by atoms with Crippen LogP contribution in [0.5, 0.6) is 0 Å². The van der Waals surface area contributed by atoms with Crippen molar-refractivity contribution in [2.75, 3.05) is 0 Å². The molecular formula is C8H7FINO2. The monoisotopic (exact) mass is 295 g/mol. The molecule has 5 heteroatoms. The Balaban J connectivity index is 3.12. The summed E-state index contributed by atoms with van der Waals surface area (Å²) in [4.78, 5) is 10.5. The van der Waals surface area contributed by atoms with Gasteiger partial charge in [0.05, 0.1) is 0 Å². The van der Waals surface area contributed by atoms with Gasteiger partial charge < -0.3 is 10.8 Å². The van der Waals surface area contributed by atoms with Gasteiger partial charge >= 0.3 is 5.97 Å². The van der Waals surface area contributed by atoms with Crippen LogP contribution in [-0.4, -0.2) is 11.1 Å². The van der Waals surface area contributed by atoms with Crippen LogP contribution in [0.2, 0.25) is 0 Å². The van der Waals surface area contributed by atoms with Crippen LogP contribution >= 0.6 is 22.6 Å². The average molecular weight is 295 g/mol. The minimum absolute atomic E-state index is 0.0133. The molecular weight excluding hydrogens is 288 g/mol. The molecule has 0 bridgehead atoms. The number of carboxylic acid groups (broad SMARTS) is 1. The van der Waals surface area contributed by atoms with Gasteiger partial charge in [-0.3, -0.25) is 4.79 Å². The second-order valence-electron chi connectivity index (χ2n) is 2.48. The molecule has 0 fully saturated rings. The van der Waals surface area contributed by atoms with E-state index in [0.717, 1.165) is 3.57 Å². The first kappa shape index (κ1) is 10.4. The number of carbonyl (C=O) groups is 1. The summed E-state index contributed by atoms with van der Waals surface area (Å²) >= 11 is 1.96. The fourth-order valence-electron chi connectivity index (χ4n) is 0.886. The zero-order valence-corrected chi connectivity index (χ0v) is 8.66. The van der Waals surface area contributed by atoms with Gasteiger partial charge in [-0.05, 0) is 40.8 Å². The molecule has 0 aliphatic heterocycles. The summed E-state index contributed by atoms with van der Waals surface area (Å²) in [5, 5.41) is 8.56. The largest absolute Gasteiger partial charge is 0.480 e. The van der Waals surface area contributed by atoms with E-state index in [1.807, 2.05) is 22.6 Å². The van der Waals surface area contributed by atoms with Gasteiger partial charge in [-0.1, -0.05) is 0 Å². The lowest BCUT2D eigenvalue weighted by Crippen LogP contribution is -2.21. The SMILES string of the molecule is NC(C(=O)O)c1cc(I)ccc1F. The summed E-state index contributed by atoms with van der Waals surface area (Å²) in [7, 11) is 0. The Morgan fingerprint density at radius 2 is 2.23 bits per heavy atom. The molecule has 0 aliphatic carbocycles. The average Bonchev–Trinajstić information content (AvgIpc) is 2.08. The number of benzene rings is 1. The van der Waals surface area contributed by atoms with Gasteiger partial charge in [0.25, 0.3) is 0 Å². The van der Waals surface area contributed by atoms with E-state index in [1.165, 1.54) is 12.1 Å². The van der Waals surface area contributed by atoms with E-state index in [-0.39, 0.29) is 5.56 Å². The topological polar surface area (TPSA) is 63.3 Å². The first-order valence-electron chi connectivity index (χ1n) is 3.45. The van der Waals surface area contributed by atoms with Crippen LogP contribution in [0.15, 0.2) is 18.2 Å². The minimum atomic E-state index is -1.30. The molecule has 0 spiro atoms. The Labute approximate surface area is 87.9 Å². The first-order chi connectivity index (χ1) is 6.02. The van der Waals surface area contributed by atoms with Crippen LogP contribution in [0.25, 0.3) is 0 Å². The first-order valence-corrected chi connectivity index (χ1v) is 4.53. The molecule has 0 saturated heterocycles. The molecule has 0 heterocycles. The highest BCUT2D eigenvalue weighted by molar-refractivity contribution is 14.1. The van der Waals surface area contributed by atoms with Crippen molar-refractivity contribution in [3.05, 3.63) is 33.1 Å². The Hall–Kier alpha value is -0.690. The van der Waals surface area contributed by atoms with Crippen LogP contribution in [0.4, 0.5) is 4.39 Å². The molecule has 0 aromatic heterocycles. The lowest BCUT2D eigenvalue weighted by molar-refractivity contribution is -0.138. The summed E-state index contributed by atoms with van der Waals surface area (Å²) in [6, 6.07) is 2.89. The Morgan fingerprint density at radius 1 is 1.62 bits per heavy atom. The maximum Gasteiger partial charge on any atom is 0.325 e. The zero-order valence-electron chi connectivity index (χ0n) is 6.50. The van der Waals surface area contributed by atoms with Crippen molar-refractivity contribution >= 4 is 28.6 Å². The van der Waals surface area contributed by atoms with E-state index in [1.54, 1.807) is 6.07 Å². The van der Waals surface area contributed by atoms with Crippen molar-refractivity contribution in [1.82, 2.24) is 0 Å². The van der Waals surface area contributed by atoms with E-state index in [4.69, 9.17) is 10.8 Å². The van der Waals surface area contributed by atoms with Crippen LogP contribution in [0.3, 0.4) is 0 Å². The number of hydrogen-bond acceptors (Lipinski definition) is 2. The number of rotatable bonds is 2. The molecule has 1 aromatic rings. The number of aliphatic carboxylic acids is 1. The molecule has 1 aromatic carbocycles. The Morgan fingerprint density at radius 3 is 2.77 bits per heavy atom. The van der Waals surface area contributed by atoms with Crippen molar-refractivity contribution < 1.29 is 14.3 Å². The maximum atomic E-state index is 13.0. The third-order valence-corrected chi connectivity index (χ3v) is 2.23. The van der Waals surface area contributed by atoms with Crippen molar-refractivity contribution in [2.45, 2.75) is 6.04 Å². The molecule has 3 nitrogen and oxygen atoms in total. The highest BCUT2D eigenvalue weighted by Gasteiger charge is 2.18. The maximum absolute atomic E-state index is 13.0. The molecule has 70 valence electrons. The van der Waals surface area contributed by atoms with E-state index in [9.17, 15) is 9.18 Å². The number of carboxylic acids is 1. The van der Waals surface area contributed by atoms with Crippen molar-refractivity contribution in [3.63, 3.8) is 0 Å². The van der Waals surface area contributed by atoms with Crippen molar-refractivity contribution in [1.29, 1.82) is 0 Å². The van der Waals surface area contributed by atoms with Crippen LogP contribution < -0.4 is 5.73 Å². The zero-order chi connectivity index (χ0) is 10.0. The highest BCUT2D eigenvalue weighted by Crippen LogP contribution is 2.18. The molecule has 0 saturated carbocycles. The molecule has 1 unspecified atom stereocenters.